The molecule has 1 saturated carbocycles. The van der Waals surface area contributed by atoms with Crippen molar-refractivity contribution in [2.75, 3.05) is 0 Å². The van der Waals surface area contributed by atoms with Crippen LogP contribution in [0, 0.1) is 12.8 Å². The molecular formula is C16H24O. The maximum Gasteiger partial charge on any atom is 0.0715 e. The van der Waals surface area contributed by atoms with Crippen molar-refractivity contribution in [1.29, 1.82) is 0 Å². The summed E-state index contributed by atoms with van der Waals surface area (Å²) in [6.07, 6.45) is 6.56. The second kappa shape index (κ2) is 5.22. The molecule has 1 fully saturated rings. The maximum absolute atomic E-state index is 10.9. The third-order valence-electron chi connectivity index (χ3n) is 4.30. The minimum Gasteiger partial charge on any atom is -0.389 e. The number of hydrogen-bond donors (Lipinski definition) is 1. The van der Waals surface area contributed by atoms with Gasteiger partial charge in [0.2, 0.25) is 0 Å². The zero-order valence-electron chi connectivity index (χ0n) is 11.1. The average Bonchev–Trinajstić information content (AvgIpc) is 2.32. The van der Waals surface area contributed by atoms with E-state index in [4.69, 9.17) is 0 Å². The molecule has 1 aromatic carbocycles. The summed E-state index contributed by atoms with van der Waals surface area (Å²) in [7, 11) is 0. The van der Waals surface area contributed by atoms with Gasteiger partial charge in [0, 0.05) is 6.42 Å². The van der Waals surface area contributed by atoms with Gasteiger partial charge in [-0.25, -0.2) is 0 Å². The minimum atomic E-state index is -0.456. The Labute approximate surface area is 105 Å². The molecule has 94 valence electrons. The van der Waals surface area contributed by atoms with Crippen molar-refractivity contribution in [3.63, 3.8) is 0 Å². The molecule has 1 nitrogen and oxygen atoms in total. The van der Waals surface area contributed by atoms with Gasteiger partial charge in [0.05, 0.1) is 5.60 Å². The molecule has 1 heteroatoms. The van der Waals surface area contributed by atoms with E-state index >= 15 is 0 Å². The van der Waals surface area contributed by atoms with E-state index in [1.165, 1.54) is 30.4 Å². The number of aliphatic hydroxyl groups is 1. The molecule has 1 aromatic rings. The van der Waals surface area contributed by atoms with Crippen LogP contribution in [0.2, 0.25) is 0 Å². The largest absolute Gasteiger partial charge is 0.389 e. The van der Waals surface area contributed by atoms with Crippen molar-refractivity contribution in [1.82, 2.24) is 0 Å². The highest BCUT2D eigenvalue weighted by atomic mass is 16.3. The molecule has 0 radical (unpaired) electrons. The molecule has 0 spiro atoms. The Kier molecular flexibility index (Phi) is 3.88. The van der Waals surface area contributed by atoms with Gasteiger partial charge < -0.3 is 5.11 Å². The molecular weight excluding hydrogens is 208 g/mol. The van der Waals surface area contributed by atoms with Crippen LogP contribution in [0.5, 0.6) is 0 Å². The zero-order valence-corrected chi connectivity index (χ0v) is 11.1. The van der Waals surface area contributed by atoms with Crippen molar-refractivity contribution in [3.8, 4) is 0 Å². The molecule has 0 aliphatic heterocycles. The summed E-state index contributed by atoms with van der Waals surface area (Å²) in [6.45, 7) is 4.31. The van der Waals surface area contributed by atoms with Gasteiger partial charge in [-0.1, -0.05) is 56.0 Å². The molecule has 1 aliphatic carbocycles. The van der Waals surface area contributed by atoms with E-state index in [0.29, 0.717) is 5.92 Å². The van der Waals surface area contributed by atoms with E-state index < -0.39 is 5.60 Å². The van der Waals surface area contributed by atoms with Crippen molar-refractivity contribution in [3.05, 3.63) is 35.4 Å². The molecule has 0 bridgehead atoms. The first-order chi connectivity index (χ1) is 8.14. The molecule has 17 heavy (non-hydrogen) atoms. The molecule has 0 aromatic heterocycles. The molecule has 0 heterocycles. The Morgan fingerprint density at radius 3 is 2.59 bits per heavy atom. The van der Waals surface area contributed by atoms with E-state index in [1.54, 1.807) is 0 Å². The van der Waals surface area contributed by atoms with Crippen molar-refractivity contribution in [2.45, 2.75) is 58.0 Å². The first-order valence-electron chi connectivity index (χ1n) is 6.92. The van der Waals surface area contributed by atoms with Gasteiger partial charge in [-0.3, -0.25) is 0 Å². The minimum absolute atomic E-state index is 0.456. The molecule has 0 amide bonds. The first kappa shape index (κ1) is 12.6. The second-order valence-corrected chi connectivity index (χ2v) is 5.62. The number of hydrogen-bond acceptors (Lipinski definition) is 1. The number of benzene rings is 1. The van der Waals surface area contributed by atoms with Crippen LogP contribution >= 0.6 is 0 Å². The second-order valence-electron chi connectivity index (χ2n) is 5.62. The normalized spacial score (nSPS) is 29.2. The van der Waals surface area contributed by atoms with Crippen LogP contribution < -0.4 is 0 Å². The monoisotopic (exact) mass is 232 g/mol. The Bertz CT molecular complexity index is 354. The lowest BCUT2D eigenvalue weighted by molar-refractivity contribution is -0.0491. The van der Waals surface area contributed by atoms with Gasteiger partial charge in [0.1, 0.15) is 0 Å². The zero-order chi connectivity index (χ0) is 12.3. The van der Waals surface area contributed by atoms with Crippen molar-refractivity contribution < 1.29 is 5.11 Å². The third-order valence-corrected chi connectivity index (χ3v) is 4.30. The molecule has 2 rings (SSSR count). The lowest BCUT2D eigenvalue weighted by atomic mass is 9.71. The van der Waals surface area contributed by atoms with Crippen LogP contribution in [0.25, 0.3) is 0 Å². The highest BCUT2D eigenvalue weighted by molar-refractivity contribution is 5.23. The number of aryl methyl sites for hydroxylation is 1. The number of rotatable bonds is 3. The van der Waals surface area contributed by atoms with Crippen LogP contribution in [0.3, 0.4) is 0 Å². The fraction of sp³-hybridized carbons (Fsp3) is 0.625. The summed E-state index contributed by atoms with van der Waals surface area (Å²) in [4.78, 5) is 0. The lowest BCUT2D eigenvalue weighted by Gasteiger charge is -2.40. The first-order valence-corrected chi connectivity index (χ1v) is 6.92. The quantitative estimate of drug-likeness (QED) is 0.838. The third kappa shape index (κ3) is 2.90. The van der Waals surface area contributed by atoms with Crippen LogP contribution in [-0.2, 0) is 6.42 Å². The van der Waals surface area contributed by atoms with Gasteiger partial charge in [0.15, 0.2) is 0 Å². The van der Waals surface area contributed by atoms with Crippen LogP contribution in [-0.4, -0.2) is 10.7 Å². The fourth-order valence-electron chi connectivity index (χ4n) is 3.17. The summed E-state index contributed by atoms with van der Waals surface area (Å²) in [5, 5.41) is 10.9. The molecule has 2 atom stereocenters. The van der Waals surface area contributed by atoms with E-state index in [2.05, 4.69) is 38.1 Å². The van der Waals surface area contributed by atoms with Gasteiger partial charge in [0.25, 0.3) is 0 Å². The Balaban J connectivity index is 2.11. The molecule has 2 unspecified atom stereocenters. The van der Waals surface area contributed by atoms with Gasteiger partial charge in [-0.2, -0.15) is 0 Å². The highest BCUT2D eigenvalue weighted by Crippen LogP contribution is 2.38. The Hall–Kier alpha value is -0.820. The standard InChI is InChI=1S/C16H24O/c1-3-15-6-4-5-11-16(15,17)12-14-9-7-13(2)8-10-14/h7-10,15,17H,3-6,11-12H2,1-2H3. The summed E-state index contributed by atoms with van der Waals surface area (Å²) in [5.41, 5.74) is 2.11. The SMILES string of the molecule is CCC1CCCCC1(O)Cc1ccc(C)cc1. The Morgan fingerprint density at radius 2 is 1.94 bits per heavy atom. The predicted octanol–water partition coefficient (Wildman–Crippen LogP) is 3.87. The van der Waals surface area contributed by atoms with E-state index in [9.17, 15) is 5.11 Å². The van der Waals surface area contributed by atoms with Crippen molar-refractivity contribution >= 4 is 0 Å². The van der Waals surface area contributed by atoms with Crippen molar-refractivity contribution in [2.24, 2.45) is 5.92 Å². The predicted molar refractivity (Wildman–Crippen MR) is 72.1 cm³/mol. The van der Waals surface area contributed by atoms with E-state index in [0.717, 1.165) is 19.3 Å². The summed E-state index contributed by atoms with van der Waals surface area (Å²) in [6, 6.07) is 8.61. The van der Waals surface area contributed by atoms with Crippen LogP contribution in [0.4, 0.5) is 0 Å². The van der Waals surface area contributed by atoms with Crippen LogP contribution in [0.1, 0.15) is 50.2 Å². The van der Waals surface area contributed by atoms with Gasteiger partial charge in [-0.15, -0.1) is 0 Å². The van der Waals surface area contributed by atoms with E-state index in [-0.39, 0.29) is 0 Å². The van der Waals surface area contributed by atoms with Gasteiger partial charge >= 0.3 is 0 Å². The smallest absolute Gasteiger partial charge is 0.0715 e. The average molecular weight is 232 g/mol. The highest BCUT2D eigenvalue weighted by Gasteiger charge is 2.37. The van der Waals surface area contributed by atoms with Gasteiger partial charge in [-0.05, 0) is 31.2 Å². The maximum atomic E-state index is 10.9. The Morgan fingerprint density at radius 1 is 1.24 bits per heavy atom. The molecule has 0 saturated heterocycles. The molecule has 1 aliphatic rings. The summed E-state index contributed by atoms with van der Waals surface area (Å²) >= 11 is 0. The summed E-state index contributed by atoms with van der Waals surface area (Å²) < 4.78 is 0. The molecule has 1 N–H and O–H groups in total. The van der Waals surface area contributed by atoms with E-state index in [1.807, 2.05) is 0 Å². The summed E-state index contributed by atoms with van der Waals surface area (Å²) in [5.74, 6) is 0.484. The fourth-order valence-corrected chi connectivity index (χ4v) is 3.17. The van der Waals surface area contributed by atoms with Crippen LogP contribution in [0.15, 0.2) is 24.3 Å². The lowest BCUT2D eigenvalue weighted by Crippen LogP contribution is -2.42. The topological polar surface area (TPSA) is 20.2 Å².